The minimum Gasteiger partial charge on any atom is -0.476 e. The van der Waals surface area contributed by atoms with Crippen LogP contribution in [0.4, 0.5) is 13.2 Å². The fourth-order valence-corrected chi connectivity index (χ4v) is 1.04. The van der Waals surface area contributed by atoms with Gasteiger partial charge in [0.15, 0.2) is 5.69 Å². The molecule has 0 spiro atoms. The number of carbonyl (C=O) groups is 1. The van der Waals surface area contributed by atoms with Gasteiger partial charge in [-0.2, -0.15) is 13.2 Å². The lowest BCUT2D eigenvalue weighted by molar-refractivity contribution is -0.166. The first-order valence-electron chi connectivity index (χ1n) is 3.97. The third-order valence-corrected chi connectivity index (χ3v) is 1.97. The summed E-state index contributed by atoms with van der Waals surface area (Å²) in [5.41, 5.74) is -0.585. The smallest absolute Gasteiger partial charge is 0.410 e. The van der Waals surface area contributed by atoms with Gasteiger partial charge in [-0.05, 0) is 13.8 Å². The summed E-state index contributed by atoms with van der Waals surface area (Å²) in [5, 5.41) is 14.9. The maximum atomic E-state index is 12.3. The Hall–Kier alpha value is -1.60. The minimum atomic E-state index is -4.48. The zero-order valence-corrected chi connectivity index (χ0v) is 7.91. The first-order chi connectivity index (χ1) is 6.75. The number of hydrogen-bond donors (Lipinski definition) is 1. The van der Waals surface area contributed by atoms with Crippen LogP contribution in [0.1, 0.15) is 29.1 Å². The number of alkyl halides is 3. The van der Waals surface area contributed by atoms with Gasteiger partial charge in [0.2, 0.25) is 0 Å². The molecule has 0 aliphatic rings. The number of halogens is 3. The predicted octanol–water partition coefficient (Wildman–Crippen LogP) is 1.41. The fraction of sp³-hybridized carbons (Fsp3) is 0.571. The summed E-state index contributed by atoms with van der Waals surface area (Å²) in [6, 6.07) is -1.89. The van der Waals surface area contributed by atoms with Gasteiger partial charge in [0.05, 0.1) is 5.69 Å². The monoisotopic (exact) mass is 223 g/mol. The van der Waals surface area contributed by atoms with Crippen LogP contribution in [0.2, 0.25) is 0 Å². The third-order valence-electron chi connectivity index (χ3n) is 1.97. The number of rotatable bonds is 2. The van der Waals surface area contributed by atoms with E-state index in [2.05, 4.69) is 10.3 Å². The van der Waals surface area contributed by atoms with Crippen LogP contribution in [-0.2, 0) is 0 Å². The molecule has 84 valence electrons. The lowest BCUT2D eigenvalue weighted by Gasteiger charge is -2.16. The van der Waals surface area contributed by atoms with E-state index in [1.807, 2.05) is 0 Å². The Morgan fingerprint density at radius 3 is 2.40 bits per heavy atom. The number of carboxylic acid groups (broad SMARTS) is 1. The molecular formula is C7H8F3N3O2. The van der Waals surface area contributed by atoms with E-state index < -0.39 is 23.9 Å². The van der Waals surface area contributed by atoms with Crippen molar-refractivity contribution < 1.29 is 23.1 Å². The molecule has 0 amide bonds. The van der Waals surface area contributed by atoms with E-state index in [-0.39, 0.29) is 5.69 Å². The Balaban J connectivity index is 3.12. The van der Waals surface area contributed by atoms with Gasteiger partial charge in [-0.3, -0.25) is 0 Å². The van der Waals surface area contributed by atoms with E-state index in [0.29, 0.717) is 4.68 Å². The van der Waals surface area contributed by atoms with E-state index >= 15 is 0 Å². The Bertz CT molecular complexity index is 385. The van der Waals surface area contributed by atoms with E-state index in [0.717, 1.165) is 6.92 Å². The Kier molecular flexibility index (Phi) is 2.69. The van der Waals surface area contributed by atoms with Gasteiger partial charge in [0.25, 0.3) is 0 Å². The molecule has 5 nitrogen and oxygen atoms in total. The van der Waals surface area contributed by atoms with Gasteiger partial charge in [0, 0.05) is 0 Å². The van der Waals surface area contributed by atoms with Crippen molar-refractivity contribution in [2.45, 2.75) is 26.1 Å². The number of nitrogens with zero attached hydrogens (tertiary/aromatic N) is 3. The summed E-state index contributed by atoms with van der Waals surface area (Å²) in [4.78, 5) is 10.5. The van der Waals surface area contributed by atoms with E-state index in [1.54, 1.807) is 0 Å². The molecule has 0 saturated heterocycles. The normalized spacial score (nSPS) is 13.9. The molecule has 8 heteroatoms. The van der Waals surface area contributed by atoms with E-state index in [1.165, 1.54) is 6.92 Å². The van der Waals surface area contributed by atoms with E-state index in [4.69, 9.17) is 5.11 Å². The molecule has 0 saturated carbocycles. The molecule has 0 bridgehead atoms. The van der Waals surface area contributed by atoms with Crippen molar-refractivity contribution in [3.05, 3.63) is 11.4 Å². The van der Waals surface area contributed by atoms with Gasteiger partial charge in [0.1, 0.15) is 6.04 Å². The topological polar surface area (TPSA) is 68.0 Å². The van der Waals surface area contributed by atoms with Crippen molar-refractivity contribution >= 4 is 5.97 Å². The first-order valence-corrected chi connectivity index (χ1v) is 3.97. The van der Waals surface area contributed by atoms with Crippen LogP contribution in [0.15, 0.2) is 0 Å². The van der Waals surface area contributed by atoms with Crippen molar-refractivity contribution in [3.63, 3.8) is 0 Å². The van der Waals surface area contributed by atoms with Crippen LogP contribution in [0.5, 0.6) is 0 Å². The van der Waals surface area contributed by atoms with Gasteiger partial charge in [-0.15, -0.1) is 5.10 Å². The molecule has 0 aromatic carbocycles. The van der Waals surface area contributed by atoms with Crippen LogP contribution in [0.25, 0.3) is 0 Å². The van der Waals surface area contributed by atoms with Crippen LogP contribution >= 0.6 is 0 Å². The van der Waals surface area contributed by atoms with Crippen molar-refractivity contribution in [3.8, 4) is 0 Å². The van der Waals surface area contributed by atoms with Gasteiger partial charge in [-0.25, -0.2) is 9.48 Å². The van der Waals surface area contributed by atoms with Crippen molar-refractivity contribution in [1.29, 1.82) is 0 Å². The first kappa shape index (κ1) is 11.5. The van der Waals surface area contributed by atoms with Gasteiger partial charge in [-0.1, -0.05) is 5.21 Å². The molecule has 15 heavy (non-hydrogen) atoms. The maximum absolute atomic E-state index is 12.3. The summed E-state index contributed by atoms with van der Waals surface area (Å²) in [7, 11) is 0. The molecular weight excluding hydrogens is 215 g/mol. The summed E-state index contributed by atoms with van der Waals surface area (Å²) >= 11 is 0. The highest BCUT2D eigenvalue weighted by molar-refractivity contribution is 5.86. The number of carboxylic acids is 1. The number of hydrogen-bond acceptors (Lipinski definition) is 3. The Morgan fingerprint density at radius 1 is 1.53 bits per heavy atom. The molecule has 1 heterocycles. The molecule has 0 fully saturated rings. The standard InChI is InChI=1S/C7H8F3N3O2/c1-3-5(6(14)15)11-12-13(3)4(2)7(8,9)10/h4H,1-2H3,(H,14,15). The average molecular weight is 223 g/mol. The molecule has 0 radical (unpaired) electrons. The minimum absolute atomic E-state index is 0.118. The number of aromatic carboxylic acids is 1. The van der Waals surface area contributed by atoms with Crippen LogP contribution in [-0.4, -0.2) is 32.2 Å². The second kappa shape index (κ2) is 3.52. The van der Waals surface area contributed by atoms with Crippen LogP contribution in [0.3, 0.4) is 0 Å². The quantitative estimate of drug-likeness (QED) is 0.822. The molecule has 1 unspecified atom stereocenters. The second-order valence-corrected chi connectivity index (χ2v) is 2.99. The SMILES string of the molecule is Cc1c(C(=O)O)nnn1C(C)C(F)(F)F. The van der Waals surface area contributed by atoms with Crippen molar-refractivity contribution in [2.75, 3.05) is 0 Å². The summed E-state index contributed by atoms with van der Waals surface area (Å²) < 4.78 is 37.4. The highest BCUT2D eigenvalue weighted by atomic mass is 19.4. The zero-order chi connectivity index (χ0) is 11.8. The highest BCUT2D eigenvalue weighted by Crippen LogP contribution is 2.30. The molecule has 1 aromatic heterocycles. The molecule has 0 aliphatic heterocycles. The molecule has 1 N–H and O–H groups in total. The van der Waals surface area contributed by atoms with Crippen molar-refractivity contribution in [1.82, 2.24) is 15.0 Å². The van der Waals surface area contributed by atoms with Gasteiger partial charge >= 0.3 is 12.1 Å². The summed E-state index contributed by atoms with van der Waals surface area (Å²) in [6.45, 7) is 2.11. The average Bonchev–Trinajstić information content (AvgIpc) is 2.44. The summed E-state index contributed by atoms with van der Waals surface area (Å²) in [5.74, 6) is -1.40. The molecule has 0 aliphatic carbocycles. The fourth-order valence-electron chi connectivity index (χ4n) is 1.04. The zero-order valence-electron chi connectivity index (χ0n) is 7.91. The second-order valence-electron chi connectivity index (χ2n) is 2.99. The van der Waals surface area contributed by atoms with E-state index in [9.17, 15) is 18.0 Å². The lowest BCUT2D eigenvalue weighted by atomic mass is 10.3. The third kappa shape index (κ3) is 2.08. The summed E-state index contributed by atoms with van der Waals surface area (Å²) in [6.07, 6.45) is -4.48. The Morgan fingerprint density at radius 2 is 2.07 bits per heavy atom. The molecule has 1 rings (SSSR count). The predicted molar refractivity (Wildman–Crippen MR) is 42.5 cm³/mol. The number of aromatic nitrogens is 3. The lowest BCUT2D eigenvalue weighted by Crippen LogP contribution is -2.25. The molecule has 1 aromatic rings. The highest BCUT2D eigenvalue weighted by Gasteiger charge is 2.39. The van der Waals surface area contributed by atoms with Gasteiger partial charge < -0.3 is 5.11 Å². The van der Waals surface area contributed by atoms with Crippen LogP contribution in [0, 0.1) is 6.92 Å². The maximum Gasteiger partial charge on any atom is 0.410 e. The van der Waals surface area contributed by atoms with Crippen LogP contribution < -0.4 is 0 Å². The molecule has 1 atom stereocenters. The Labute approximate surface area is 82.5 Å². The van der Waals surface area contributed by atoms with Crippen molar-refractivity contribution in [2.24, 2.45) is 0 Å². The largest absolute Gasteiger partial charge is 0.476 e.